The fourth-order valence-electron chi connectivity index (χ4n) is 9.17. The molecule has 230 valence electrons. The Kier molecular flexibility index (Phi) is 6.20. The fourth-order valence-corrected chi connectivity index (χ4v) is 9.54. The van der Waals surface area contributed by atoms with Crippen molar-refractivity contribution < 1.29 is 43.0 Å². The second-order valence-electron chi connectivity index (χ2n) is 13.7. The van der Waals surface area contributed by atoms with Crippen LogP contribution < -0.4 is 0 Å². The van der Waals surface area contributed by atoms with Crippen molar-refractivity contribution in [1.29, 1.82) is 5.26 Å². The molecular weight excluding hydrogens is 575 g/mol. The molecule has 2 aliphatic heterocycles. The molecule has 1 spiro atoms. The predicted molar refractivity (Wildman–Crippen MR) is 153 cm³/mol. The minimum Gasteiger partial charge on any atom is -0.382 e. The summed E-state index contributed by atoms with van der Waals surface area (Å²) in [5.74, 6) is -1.46. The first-order chi connectivity index (χ1) is 20.1. The van der Waals surface area contributed by atoms with Gasteiger partial charge in [-0.3, -0.25) is 9.32 Å². The molecule has 2 saturated carbocycles. The van der Waals surface area contributed by atoms with Crippen LogP contribution in [0.2, 0.25) is 0 Å². The number of aromatic amines is 1. The van der Waals surface area contributed by atoms with Crippen molar-refractivity contribution in [3.63, 3.8) is 0 Å². The highest BCUT2D eigenvalue weighted by atomic mass is 31.2. The number of carbonyl (C=O) groups excluding carboxylic acids is 1. The SMILES string of the molecule is CC1(C)O[C@@]23CC[C@]4(C)[C@@]5(C)c6[nH]c7ccc(C#N)cc7c6C[C@@H]5C[C@H](OCCCOP(=O)(O)O)[C@@]4(O)C2=CC(=O)[C@H]1O3. The number of nitriles is 1. The zero-order valence-corrected chi connectivity index (χ0v) is 25.6. The van der Waals surface area contributed by atoms with Gasteiger partial charge in [0.2, 0.25) is 0 Å². The van der Waals surface area contributed by atoms with Crippen LogP contribution in [0.4, 0.5) is 0 Å². The van der Waals surface area contributed by atoms with Gasteiger partial charge in [0, 0.05) is 46.0 Å². The van der Waals surface area contributed by atoms with Crippen LogP contribution in [0.5, 0.6) is 0 Å². The van der Waals surface area contributed by atoms with Gasteiger partial charge in [-0.15, -0.1) is 0 Å². The fraction of sp³-hybridized carbons (Fsp3) is 0.613. The number of phosphoric acid groups is 1. The number of ether oxygens (including phenoxy) is 3. The summed E-state index contributed by atoms with van der Waals surface area (Å²) in [5, 5.41) is 23.8. The number of ketones is 1. The van der Waals surface area contributed by atoms with E-state index in [-0.39, 0.29) is 31.3 Å². The zero-order valence-electron chi connectivity index (χ0n) is 24.7. The molecule has 12 heteroatoms. The van der Waals surface area contributed by atoms with Crippen molar-refractivity contribution in [2.24, 2.45) is 11.3 Å². The molecule has 0 unspecified atom stereocenters. The van der Waals surface area contributed by atoms with Gasteiger partial charge in [-0.25, -0.2) is 4.57 Å². The molecule has 1 saturated heterocycles. The summed E-state index contributed by atoms with van der Waals surface area (Å²) >= 11 is 0. The maximum atomic E-state index is 13.5. The first-order valence-electron chi connectivity index (χ1n) is 14.8. The van der Waals surface area contributed by atoms with Crippen molar-refractivity contribution in [3.05, 3.63) is 46.7 Å². The lowest BCUT2D eigenvalue weighted by molar-refractivity contribution is -0.280. The average Bonchev–Trinajstić information content (AvgIpc) is 3.51. The van der Waals surface area contributed by atoms with Crippen LogP contribution >= 0.6 is 7.82 Å². The van der Waals surface area contributed by atoms with Gasteiger partial charge in [0.05, 0.1) is 24.3 Å². The smallest absolute Gasteiger partial charge is 0.382 e. The molecule has 4 N–H and O–H groups in total. The van der Waals surface area contributed by atoms with Crippen molar-refractivity contribution in [2.45, 2.75) is 94.4 Å². The number of hydrogen-bond acceptors (Lipinski definition) is 8. The third-order valence-electron chi connectivity index (χ3n) is 11.3. The molecule has 2 bridgehead atoms. The number of nitrogens with one attached hydrogen (secondary N) is 1. The Bertz CT molecular complexity index is 1670. The predicted octanol–water partition coefficient (Wildman–Crippen LogP) is 3.69. The minimum absolute atomic E-state index is 0.0639. The third kappa shape index (κ3) is 3.79. The van der Waals surface area contributed by atoms with E-state index in [2.05, 4.69) is 29.4 Å². The molecule has 43 heavy (non-hydrogen) atoms. The molecule has 0 radical (unpaired) electrons. The first-order valence-corrected chi connectivity index (χ1v) is 16.4. The normalized spacial score (nSPS) is 39.1. The lowest BCUT2D eigenvalue weighted by atomic mass is 9.41. The molecule has 1 aromatic heterocycles. The van der Waals surface area contributed by atoms with Crippen molar-refractivity contribution >= 4 is 24.5 Å². The van der Waals surface area contributed by atoms with Gasteiger partial charge in [0.25, 0.3) is 0 Å². The molecule has 5 aliphatic rings. The maximum absolute atomic E-state index is 13.5. The van der Waals surface area contributed by atoms with Crippen molar-refractivity contribution in [3.8, 4) is 6.07 Å². The van der Waals surface area contributed by atoms with Gasteiger partial charge in [-0.2, -0.15) is 5.26 Å². The summed E-state index contributed by atoms with van der Waals surface area (Å²) in [6.45, 7) is 7.78. The summed E-state index contributed by atoms with van der Waals surface area (Å²) in [4.78, 5) is 35.3. The summed E-state index contributed by atoms with van der Waals surface area (Å²) < 4.78 is 35.1. The number of H-pyrrole nitrogens is 1. The van der Waals surface area contributed by atoms with Crippen LogP contribution in [0.3, 0.4) is 0 Å². The highest BCUT2D eigenvalue weighted by Gasteiger charge is 2.78. The number of aromatic nitrogens is 1. The Hall–Kier alpha value is -2.39. The van der Waals surface area contributed by atoms with Crippen LogP contribution in [-0.2, 0) is 39.9 Å². The van der Waals surface area contributed by atoms with Crippen molar-refractivity contribution in [2.75, 3.05) is 13.2 Å². The maximum Gasteiger partial charge on any atom is 0.469 e. The molecule has 7 rings (SSSR count). The molecule has 3 heterocycles. The third-order valence-corrected chi connectivity index (χ3v) is 11.8. The van der Waals surface area contributed by atoms with Crippen LogP contribution in [0, 0.1) is 22.7 Å². The first kappa shape index (κ1) is 29.3. The largest absolute Gasteiger partial charge is 0.469 e. The second kappa shape index (κ2) is 9.09. The number of phosphoric ester groups is 1. The van der Waals surface area contributed by atoms with Crippen molar-refractivity contribution in [1.82, 2.24) is 4.98 Å². The van der Waals surface area contributed by atoms with Gasteiger partial charge in [0.1, 0.15) is 11.2 Å². The van der Waals surface area contributed by atoms with E-state index in [9.17, 15) is 19.7 Å². The molecule has 3 aliphatic carbocycles. The van der Waals surface area contributed by atoms with Gasteiger partial charge >= 0.3 is 7.82 Å². The molecular formula is C31H37N2O9P. The van der Waals surface area contributed by atoms with E-state index in [4.69, 9.17) is 24.0 Å². The van der Waals surface area contributed by atoms with E-state index in [1.165, 1.54) is 6.08 Å². The Morgan fingerprint density at radius 3 is 2.67 bits per heavy atom. The standard InChI is InChI=1S/C31H37N2O9P/c1-27(2)26-22(34)15-23-30(41-26,42-27)9-8-28(3)29(4)18(13-20-19-12-17(16-32)6-7-21(19)33-25(20)29)14-24(31(23,28)35)39-10-5-11-40-43(36,37)38/h6-7,12,15,18,24,26,33,35H,5,8-11,13-14H2,1-4H3,(H2,36,37,38)/t18-,24+,26-,28-,29-,30+,31+/m1/s1. The van der Waals surface area contributed by atoms with E-state index < -0.39 is 47.8 Å². The molecule has 2 aromatic rings. The number of carbonyl (C=O) groups is 1. The van der Waals surface area contributed by atoms with Crippen LogP contribution in [-0.4, -0.2) is 68.1 Å². The molecule has 7 atom stereocenters. The van der Waals surface area contributed by atoms with Gasteiger partial charge in [-0.05, 0) is 75.3 Å². The van der Waals surface area contributed by atoms with Gasteiger partial charge in [-0.1, -0.05) is 13.8 Å². The van der Waals surface area contributed by atoms with Crippen LogP contribution in [0.15, 0.2) is 29.8 Å². The summed E-state index contributed by atoms with van der Waals surface area (Å²) in [6.07, 6.45) is 2.33. The van der Waals surface area contributed by atoms with E-state index in [0.717, 1.165) is 28.6 Å². The number of benzene rings is 1. The highest BCUT2D eigenvalue weighted by Crippen LogP contribution is 2.72. The number of nitrogens with zero attached hydrogens (tertiary/aromatic N) is 1. The van der Waals surface area contributed by atoms with E-state index in [0.29, 0.717) is 30.4 Å². The Labute approximate surface area is 249 Å². The number of fused-ring (bicyclic) bond motifs is 9. The van der Waals surface area contributed by atoms with Crippen LogP contribution in [0.1, 0.15) is 70.2 Å². The molecule has 11 nitrogen and oxygen atoms in total. The second-order valence-corrected chi connectivity index (χ2v) is 15.0. The molecule has 1 aromatic carbocycles. The quantitative estimate of drug-likeness (QED) is 0.279. The van der Waals surface area contributed by atoms with Crippen LogP contribution in [0.25, 0.3) is 10.9 Å². The van der Waals surface area contributed by atoms with E-state index >= 15 is 0 Å². The topological polar surface area (TPSA) is 171 Å². The Morgan fingerprint density at radius 1 is 1.19 bits per heavy atom. The minimum atomic E-state index is -4.62. The number of aliphatic hydroxyl groups is 1. The van der Waals surface area contributed by atoms with Gasteiger partial charge < -0.3 is 34.1 Å². The monoisotopic (exact) mass is 612 g/mol. The van der Waals surface area contributed by atoms with E-state index in [1.807, 2.05) is 26.0 Å². The number of rotatable bonds is 6. The van der Waals surface area contributed by atoms with Gasteiger partial charge in [0.15, 0.2) is 17.7 Å². The lowest BCUT2D eigenvalue weighted by Crippen LogP contribution is -2.74. The lowest BCUT2D eigenvalue weighted by Gasteiger charge is -2.67. The zero-order chi connectivity index (χ0) is 30.8. The van der Waals surface area contributed by atoms with E-state index in [1.54, 1.807) is 6.07 Å². The Balaban J connectivity index is 1.34. The average molecular weight is 613 g/mol. The molecule has 3 fully saturated rings. The summed E-state index contributed by atoms with van der Waals surface area (Å²) in [6, 6.07) is 7.87. The number of hydrogen-bond donors (Lipinski definition) is 4. The highest BCUT2D eigenvalue weighted by molar-refractivity contribution is 7.46. The summed E-state index contributed by atoms with van der Waals surface area (Å²) in [7, 11) is -4.62. The molecule has 0 amide bonds. The summed E-state index contributed by atoms with van der Waals surface area (Å²) in [5.41, 5.74) is 0.0787. The Morgan fingerprint density at radius 2 is 1.95 bits per heavy atom.